The lowest BCUT2D eigenvalue weighted by Gasteiger charge is -2.01. The van der Waals surface area contributed by atoms with Crippen LogP contribution in [-0.2, 0) is 6.54 Å². The lowest BCUT2D eigenvalue weighted by atomic mass is 10.2. The number of rotatable bonds is 3. The second-order valence-corrected chi connectivity index (χ2v) is 6.45. The summed E-state index contributed by atoms with van der Waals surface area (Å²) >= 11 is 9.28. The van der Waals surface area contributed by atoms with E-state index in [1.807, 2.05) is 25.1 Å². The molecule has 1 heterocycles. The number of amides is 1. The Morgan fingerprint density at radius 3 is 2.79 bits per heavy atom. The third-order valence-electron chi connectivity index (χ3n) is 3.60. The topological polar surface area (TPSA) is 66.9 Å². The molecule has 0 aliphatic rings. The molecule has 24 heavy (non-hydrogen) atoms. The number of aromatic hydroxyl groups is 1. The standard InChI is InChI=1S/C17H13BrClN3O2/c1-2-22-14-7-6-11(18)9-13(14)15(17(22)24)20-21-16(23)10-4-3-5-12(19)8-10/h3-9,24H,2H2,1H3. The van der Waals surface area contributed by atoms with Crippen molar-refractivity contribution in [2.24, 2.45) is 10.2 Å². The molecule has 0 atom stereocenters. The average molecular weight is 407 g/mol. The second-order valence-electron chi connectivity index (χ2n) is 5.09. The van der Waals surface area contributed by atoms with Gasteiger partial charge in [-0.05, 0) is 43.3 Å². The van der Waals surface area contributed by atoms with E-state index in [-0.39, 0.29) is 11.6 Å². The largest absolute Gasteiger partial charge is 0.493 e. The number of aryl methyl sites for hydroxylation is 1. The average Bonchev–Trinajstić information content (AvgIpc) is 2.83. The van der Waals surface area contributed by atoms with Crippen LogP contribution in [0.4, 0.5) is 5.69 Å². The molecule has 1 amide bonds. The van der Waals surface area contributed by atoms with Crippen LogP contribution >= 0.6 is 27.5 Å². The Labute approximate surface area is 151 Å². The molecule has 0 unspecified atom stereocenters. The van der Waals surface area contributed by atoms with Crippen LogP contribution < -0.4 is 0 Å². The third kappa shape index (κ3) is 3.07. The zero-order valence-electron chi connectivity index (χ0n) is 12.7. The molecule has 3 rings (SSSR count). The third-order valence-corrected chi connectivity index (χ3v) is 4.33. The van der Waals surface area contributed by atoms with Gasteiger partial charge in [-0.2, -0.15) is 0 Å². The predicted molar refractivity (Wildman–Crippen MR) is 97.3 cm³/mol. The van der Waals surface area contributed by atoms with E-state index in [1.54, 1.807) is 22.8 Å². The highest BCUT2D eigenvalue weighted by Crippen LogP contribution is 2.40. The molecule has 0 saturated carbocycles. The molecule has 0 radical (unpaired) electrons. The molecule has 0 aliphatic heterocycles. The van der Waals surface area contributed by atoms with Crippen molar-refractivity contribution in [1.82, 2.24) is 4.57 Å². The van der Waals surface area contributed by atoms with E-state index in [0.29, 0.717) is 22.5 Å². The van der Waals surface area contributed by atoms with Gasteiger partial charge in [-0.1, -0.05) is 33.6 Å². The first kappa shape index (κ1) is 16.7. The molecule has 0 saturated heterocycles. The maximum Gasteiger partial charge on any atom is 0.295 e. The van der Waals surface area contributed by atoms with Crippen molar-refractivity contribution in [1.29, 1.82) is 0 Å². The molecular weight excluding hydrogens is 394 g/mol. The summed E-state index contributed by atoms with van der Waals surface area (Å²) < 4.78 is 2.56. The van der Waals surface area contributed by atoms with E-state index >= 15 is 0 Å². The van der Waals surface area contributed by atoms with Crippen LogP contribution in [0.15, 0.2) is 57.2 Å². The molecule has 1 N–H and O–H groups in total. The number of carbonyl (C=O) groups excluding carboxylic acids is 1. The van der Waals surface area contributed by atoms with Gasteiger partial charge in [0.25, 0.3) is 5.91 Å². The van der Waals surface area contributed by atoms with Gasteiger partial charge in [-0.3, -0.25) is 4.79 Å². The molecule has 5 nitrogen and oxygen atoms in total. The Bertz CT molecular complexity index is 966. The monoisotopic (exact) mass is 405 g/mol. The van der Waals surface area contributed by atoms with Crippen LogP contribution in [0, 0.1) is 0 Å². The predicted octanol–water partition coefficient (Wildman–Crippen LogP) is 5.71. The minimum Gasteiger partial charge on any atom is -0.493 e. The molecule has 2 aromatic carbocycles. The number of carbonyl (C=O) groups is 1. The van der Waals surface area contributed by atoms with Crippen LogP contribution in [0.1, 0.15) is 17.3 Å². The SMILES string of the molecule is CCn1c(O)c(N=NC(=O)c2cccc(Cl)c2)c2cc(Br)ccc21. The van der Waals surface area contributed by atoms with Gasteiger partial charge in [0.15, 0.2) is 5.69 Å². The van der Waals surface area contributed by atoms with Crippen LogP contribution in [0.2, 0.25) is 5.02 Å². The molecule has 122 valence electrons. The van der Waals surface area contributed by atoms with Crippen molar-refractivity contribution in [2.75, 3.05) is 0 Å². The van der Waals surface area contributed by atoms with Gasteiger partial charge in [0.2, 0.25) is 5.88 Å². The highest BCUT2D eigenvalue weighted by molar-refractivity contribution is 9.10. The Kier molecular flexibility index (Phi) is 4.69. The fraction of sp³-hybridized carbons (Fsp3) is 0.118. The van der Waals surface area contributed by atoms with Gasteiger partial charge < -0.3 is 9.67 Å². The molecule has 0 fully saturated rings. The molecular formula is C17H13BrClN3O2. The summed E-state index contributed by atoms with van der Waals surface area (Å²) in [6, 6.07) is 12.1. The zero-order valence-corrected chi connectivity index (χ0v) is 15.0. The van der Waals surface area contributed by atoms with E-state index in [2.05, 4.69) is 26.2 Å². The minimum atomic E-state index is -0.524. The van der Waals surface area contributed by atoms with Gasteiger partial charge in [0, 0.05) is 27.0 Å². The normalized spacial score (nSPS) is 11.5. The van der Waals surface area contributed by atoms with Crippen LogP contribution in [0.5, 0.6) is 5.88 Å². The van der Waals surface area contributed by atoms with E-state index < -0.39 is 5.91 Å². The summed E-state index contributed by atoms with van der Waals surface area (Å²) in [5, 5.41) is 19.3. The molecule has 1 aromatic heterocycles. The number of benzene rings is 2. The number of nitrogens with zero attached hydrogens (tertiary/aromatic N) is 3. The number of aromatic nitrogens is 1. The molecule has 3 aromatic rings. The number of halogens is 2. The van der Waals surface area contributed by atoms with Crippen molar-refractivity contribution in [2.45, 2.75) is 13.5 Å². The van der Waals surface area contributed by atoms with E-state index in [4.69, 9.17) is 11.6 Å². The Balaban J connectivity index is 2.05. The van der Waals surface area contributed by atoms with Crippen molar-refractivity contribution >= 4 is 50.0 Å². The van der Waals surface area contributed by atoms with E-state index in [9.17, 15) is 9.90 Å². The minimum absolute atomic E-state index is 0.0201. The highest BCUT2D eigenvalue weighted by Gasteiger charge is 2.16. The Hall–Kier alpha value is -2.18. The Morgan fingerprint density at radius 1 is 1.29 bits per heavy atom. The van der Waals surface area contributed by atoms with Crippen molar-refractivity contribution in [3.63, 3.8) is 0 Å². The van der Waals surface area contributed by atoms with Gasteiger partial charge in [0.1, 0.15) is 0 Å². The van der Waals surface area contributed by atoms with Crippen molar-refractivity contribution in [3.8, 4) is 5.88 Å². The maximum absolute atomic E-state index is 12.1. The zero-order chi connectivity index (χ0) is 17.3. The fourth-order valence-electron chi connectivity index (χ4n) is 2.49. The lowest BCUT2D eigenvalue weighted by Crippen LogP contribution is -1.93. The Morgan fingerprint density at radius 2 is 2.08 bits per heavy atom. The smallest absolute Gasteiger partial charge is 0.295 e. The number of hydrogen-bond acceptors (Lipinski definition) is 3. The molecule has 0 spiro atoms. The first-order valence-corrected chi connectivity index (χ1v) is 8.40. The molecule has 0 aliphatic carbocycles. The summed E-state index contributed by atoms with van der Waals surface area (Å²) in [6.45, 7) is 2.49. The first-order valence-electron chi connectivity index (χ1n) is 7.23. The van der Waals surface area contributed by atoms with Crippen LogP contribution in [0.3, 0.4) is 0 Å². The number of azo groups is 1. The van der Waals surface area contributed by atoms with E-state index in [1.165, 1.54) is 6.07 Å². The van der Waals surface area contributed by atoms with Crippen molar-refractivity contribution in [3.05, 3.63) is 57.5 Å². The highest BCUT2D eigenvalue weighted by atomic mass is 79.9. The van der Waals surface area contributed by atoms with E-state index in [0.717, 1.165) is 9.99 Å². The summed E-state index contributed by atoms with van der Waals surface area (Å²) in [5.74, 6) is -0.544. The summed E-state index contributed by atoms with van der Waals surface area (Å²) in [4.78, 5) is 12.1. The quantitative estimate of drug-likeness (QED) is 0.566. The van der Waals surface area contributed by atoms with Crippen LogP contribution in [0.25, 0.3) is 10.9 Å². The molecule has 0 bridgehead atoms. The fourth-order valence-corrected chi connectivity index (χ4v) is 3.04. The lowest BCUT2D eigenvalue weighted by molar-refractivity contribution is 0.0995. The van der Waals surface area contributed by atoms with Gasteiger partial charge in [-0.25, -0.2) is 0 Å². The molecule has 7 heteroatoms. The summed E-state index contributed by atoms with van der Waals surface area (Å²) in [6.07, 6.45) is 0. The van der Waals surface area contributed by atoms with Gasteiger partial charge >= 0.3 is 0 Å². The van der Waals surface area contributed by atoms with Gasteiger partial charge in [0.05, 0.1) is 5.52 Å². The first-order chi connectivity index (χ1) is 11.5. The van der Waals surface area contributed by atoms with Crippen LogP contribution in [-0.4, -0.2) is 15.6 Å². The maximum atomic E-state index is 12.1. The number of hydrogen-bond donors (Lipinski definition) is 1. The number of fused-ring (bicyclic) bond motifs is 1. The summed E-state index contributed by atoms with van der Waals surface area (Å²) in [7, 11) is 0. The second kappa shape index (κ2) is 6.75. The van der Waals surface area contributed by atoms with Crippen molar-refractivity contribution < 1.29 is 9.90 Å². The van der Waals surface area contributed by atoms with Gasteiger partial charge in [-0.15, -0.1) is 10.2 Å². The summed E-state index contributed by atoms with van der Waals surface area (Å²) in [5.41, 5.74) is 1.43.